The lowest BCUT2D eigenvalue weighted by molar-refractivity contribution is 0.203. The number of hydrogen-bond acceptors (Lipinski definition) is 3. The van der Waals surface area contributed by atoms with Crippen LogP contribution in [0, 0.1) is 0 Å². The molecule has 0 radical (unpaired) electrons. The number of aromatic nitrogens is 4. The Bertz CT molecular complexity index is 573. The quantitative estimate of drug-likeness (QED) is 0.939. The van der Waals surface area contributed by atoms with Gasteiger partial charge in [-0.3, -0.25) is 9.36 Å². The van der Waals surface area contributed by atoms with Crippen LogP contribution in [0.3, 0.4) is 0 Å². The van der Waals surface area contributed by atoms with Gasteiger partial charge in [-0.2, -0.15) is 10.2 Å². The van der Waals surface area contributed by atoms with E-state index in [0.29, 0.717) is 0 Å². The molecule has 104 valence electrons. The lowest BCUT2D eigenvalue weighted by Crippen LogP contribution is -2.13. The van der Waals surface area contributed by atoms with Crippen LogP contribution in [0.1, 0.15) is 49.9 Å². The number of aliphatic hydroxyl groups excluding tert-OH is 1. The average Bonchev–Trinajstić information content (AvgIpc) is 2.91. The van der Waals surface area contributed by atoms with Crippen molar-refractivity contribution in [1.29, 1.82) is 0 Å². The minimum atomic E-state index is -0.720. The summed E-state index contributed by atoms with van der Waals surface area (Å²) < 4.78 is 4.39. The van der Waals surface area contributed by atoms with Crippen LogP contribution in [0.15, 0.2) is 16.9 Å². The van der Waals surface area contributed by atoms with E-state index in [2.05, 4.69) is 26.1 Å². The Morgan fingerprint density at radius 1 is 1.42 bits per heavy atom. The van der Waals surface area contributed by atoms with Gasteiger partial charge in [-0.05, 0) is 36.2 Å². The van der Waals surface area contributed by atoms with Crippen LogP contribution in [0.2, 0.25) is 0 Å². The van der Waals surface area contributed by atoms with Crippen molar-refractivity contribution < 1.29 is 5.11 Å². The Kier molecular flexibility index (Phi) is 4.10. The second-order valence-electron chi connectivity index (χ2n) is 4.88. The van der Waals surface area contributed by atoms with E-state index < -0.39 is 6.10 Å². The van der Waals surface area contributed by atoms with Crippen LogP contribution in [-0.2, 0) is 13.5 Å². The number of halogens is 1. The summed E-state index contributed by atoms with van der Waals surface area (Å²) >= 11 is 3.47. The topological polar surface area (TPSA) is 55.9 Å². The van der Waals surface area contributed by atoms with Gasteiger partial charge in [0.05, 0.1) is 22.1 Å². The van der Waals surface area contributed by atoms with Crippen molar-refractivity contribution in [2.75, 3.05) is 0 Å². The molecule has 5 nitrogen and oxygen atoms in total. The number of aryl methyl sites for hydroxylation is 2. The molecule has 0 saturated carbocycles. The molecular weight excluding hydrogens is 308 g/mol. The van der Waals surface area contributed by atoms with Gasteiger partial charge < -0.3 is 5.11 Å². The zero-order valence-corrected chi connectivity index (χ0v) is 13.2. The Balaban J connectivity index is 2.49. The minimum Gasteiger partial charge on any atom is -0.382 e. The molecule has 6 heteroatoms. The third-order valence-electron chi connectivity index (χ3n) is 3.10. The summed E-state index contributed by atoms with van der Waals surface area (Å²) in [5.74, 6) is 0. The minimum absolute atomic E-state index is 0.192. The maximum absolute atomic E-state index is 10.7. The zero-order valence-electron chi connectivity index (χ0n) is 11.6. The van der Waals surface area contributed by atoms with Crippen molar-refractivity contribution in [2.45, 2.75) is 39.3 Å². The Hall–Kier alpha value is -1.14. The Morgan fingerprint density at radius 3 is 2.68 bits per heavy atom. The largest absolute Gasteiger partial charge is 0.382 e. The highest BCUT2D eigenvalue weighted by molar-refractivity contribution is 9.10. The van der Waals surface area contributed by atoms with Crippen LogP contribution >= 0.6 is 15.9 Å². The number of nitrogens with zero attached hydrogens (tertiary/aromatic N) is 4. The molecule has 0 fully saturated rings. The van der Waals surface area contributed by atoms with Gasteiger partial charge in [0.1, 0.15) is 6.10 Å². The van der Waals surface area contributed by atoms with Gasteiger partial charge in [0.15, 0.2) is 0 Å². The van der Waals surface area contributed by atoms with Gasteiger partial charge in [-0.25, -0.2) is 0 Å². The maximum Gasteiger partial charge on any atom is 0.125 e. The van der Waals surface area contributed by atoms with Crippen LogP contribution in [0.5, 0.6) is 0 Å². The fourth-order valence-electron chi connectivity index (χ4n) is 2.22. The van der Waals surface area contributed by atoms with Crippen molar-refractivity contribution in [3.05, 3.63) is 33.8 Å². The van der Waals surface area contributed by atoms with Gasteiger partial charge in [0.25, 0.3) is 0 Å². The summed E-state index contributed by atoms with van der Waals surface area (Å²) in [5, 5.41) is 19.4. The average molecular weight is 327 g/mol. The molecule has 2 aromatic heterocycles. The molecule has 0 saturated heterocycles. The van der Waals surface area contributed by atoms with Crippen molar-refractivity contribution >= 4 is 15.9 Å². The molecule has 19 heavy (non-hydrogen) atoms. The molecule has 0 bridgehead atoms. The Morgan fingerprint density at radius 2 is 2.11 bits per heavy atom. The molecule has 1 unspecified atom stereocenters. The fraction of sp³-hybridized carbons (Fsp3) is 0.538. The lowest BCUT2D eigenvalue weighted by Gasteiger charge is -2.16. The molecule has 0 spiro atoms. The van der Waals surface area contributed by atoms with Crippen LogP contribution in [0.4, 0.5) is 0 Å². The van der Waals surface area contributed by atoms with Gasteiger partial charge in [0.2, 0.25) is 0 Å². The summed E-state index contributed by atoms with van der Waals surface area (Å²) in [6, 6.07) is 0.192. The van der Waals surface area contributed by atoms with E-state index >= 15 is 0 Å². The zero-order chi connectivity index (χ0) is 14.2. The van der Waals surface area contributed by atoms with Crippen LogP contribution in [-0.4, -0.2) is 24.7 Å². The third-order valence-corrected chi connectivity index (χ3v) is 3.71. The first-order valence-corrected chi connectivity index (χ1v) is 7.18. The predicted octanol–water partition coefficient (Wildman–Crippen LogP) is 2.60. The monoisotopic (exact) mass is 326 g/mol. The van der Waals surface area contributed by atoms with Gasteiger partial charge in [0, 0.05) is 24.8 Å². The molecule has 1 N–H and O–H groups in total. The SMILES string of the molecule is CCc1nn(C)cc1C(O)c1c(Br)cnn1C(C)C. The predicted molar refractivity (Wildman–Crippen MR) is 77.0 cm³/mol. The standard InChI is InChI=1S/C13H19BrN4O/c1-5-11-9(7-17(4)16-11)13(19)12-10(14)6-15-18(12)8(2)3/h6-8,13,19H,5H2,1-4H3. The molecule has 2 aromatic rings. The number of aliphatic hydroxyl groups is 1. The van der Waals surface area contributed by atoms with E-state index in [1.165, 1.54) is 0 Å². The van der Waals surface area contributed by atoms with E-state index in [-0.39, 0.29) is 6.04 Å². The van der Waals surface area contributed by atoms with Gasteiger partial charge in [-0.1, -0.05) is 6.92 Å². The molecule has 1 atom stereocenters. The highest BCUT2D eigenvalue weighted by atomic mass is 79.9. The summed E-state index contributed by atoms with van der Waals surface area (Å²) in [5.41, 5.74) is 2.53. The molecule has 2 heterocycles. The first kappa shape index (κ1) is 14.3. The summed E-state index contributed by atoms with van der Waals surface area (Å²) in [4.78, 5) is 0. The highest BCUT2D eigenvalue weighted by Gasteiger charge is 2.24. The van der Waals surface area contributed by atoms with Crippen molar-refractivity contribution in [1.82, 2.24) is 19.6 Å². The smallest absolute Gasteiger partial charge is 0.125 e. The third kappa shape index (κ3) is 2.60. The fourth-order valence-corrected chi connectivity index (χ4v) is 2.71. The maximum atomic E-state index is 10.7. The molecule has 0 amide bonds. The van der Waals surface area contributed by atoms with Crippen LogP contribution in [0.25, 0.3) is 0 Å². The van der Waals surface area contributed by atoms with Crippen molar-refractivity contribution in [3.63, 3.8) is 0 Å². The molecule has 2 rings (SSSR count). The van der Waals surface area contributed by atoms with Gasteiger partial charge >= 0.3 is 0 Å². The van der Waals surface area contributed by atoms with E-state index in [1.54, 1.807) is 10.9 Å². The molecule has 0 aromatic carbocycles. The van der Waals surface area contributed by atoms with Crippen molar-refractivity contribution in [3.8, 4) is 0 Å². The number of rotatable bonds is 4. The molecule has 0 aliphatic heterocycles. The molecular formula is C13H19BrN4O. The summed E-state index contributed by atoms with van der Waals surface area (Å²) in [7, 11) is 1.87. The normalized spacial score (nSPS) is 13.2. The first-order valence-electron chi connectivity index (χ1n) is 6.39. The molecule has 0 aliphatic rings. The summed E-state index contributed by atoms with van der Waals surface area (Å²) in [6.07, 6.45) is 3.66. The van der Waals surface area contributed by atoms with E-state index in [4.69, 9.17) is 0 Å². The van der Waals surface area contributed by atoms with E-state index in [0.717, 1.165) is 27.8 Å². The van der Waals surface area contributed by atoms with Crippen molar-refractivity contribution in [2.24, 2.45) is 7.05 Å². The Labute approximate surface area is 121 Å². The lowest BCUT2D eigenvalue weighted by atomic mass is 10.1. The van der Waals surface area contributed by atoms with Crippen LogP contribution < -0.4 is 0 Å². The van der Waals surface area contributed by atoms with Gasteiger partial charge in [-0.15, -0.1) is 0 Å². The summed E-state index contributed by atoms with van der Waals surface area (Å²) in [6.45, 7) is 6.12. The first-order chi connectivity index (χ1) is 8.95. The van der Waals surface area contributed by atoms with E-state index in [9.17, 15) is 5.11 Å². The molecule has 0 aliphatic carbocycles. The van der Waals surface area contributed by atoms with E-state index in [1.807, 2.05) is 38.7 Å². The highest BCUT2D eigenvalue weighted by Crippen LogP contribution is 2.31. The second kappa shape index (κ2) is 5.46. The number of hydrogen-bond donors (Lipinski definition) is 1. The second-order valence-corrected chi connectivity index (χ2v) is 5.73.